The van der Waals surface area contributed by atoms with Gasteiger partial charge in [-0.1, -0.05) is 195 Å². The minimum atomic E-state index is -2.50. The van der Waals surface area contributed by atoms with Crippen molar-refractivity contribution in [2.75, 3.05) is 33.0 Å². The molecule has 5 unspecified atom stereocenters. The lowest BCUT2D eigenvalue weighted by Gasteiger charge is -2.68. The van der Waals surface area contributed by atoms with Crippen molar-refractivity contribution in [3.05, 3.63) is 0 Å². The molecule has 0 aromatic rings. The van der Waals surface area contributed by atoms with Gasteiger partial charge in [0.15, 0.2) is 0 Å². The fourth-order valence-corrected chi connectivity index (χ4v) is 16.8. The topological polar surface area (TPSA) is 341 Å². The highest BCUT2D eigenvalue weighted by molar-refractivity contribution is 7.81. The van der Waals surface area contributed by atoms with Gasteiger partial charge in [0, 0.05) is 21.0 Å². The van der Waals surface area contributed by atoms with E-state index in [4.69, 9.17) is 50.5 Å². The van der Waals surface area contributed by atoms with Crippen molar-refractivity contribution >= 4 is 56.5 Å². The summed E-state index contributed by atoms with van der Waals surface area (Å²) in [7, 11) is 0. The number of thiol groups is 4. The number of hydrogen-bond donors (Lipinski definition) is 20. The second kappa shape index (κ2) is 54.1. The van der Waals surface area contributed by atoms with E-state index in [2.05, 4.69) is 27.7 Å². The van der Waals surface area contributed by atoms with Crippen molar-refractivity contribution in [2.45, 2.75) is 386 Å². The largest absolute Gasteiger partial charge is 0.481 e. The van der Waals surface area contributed by atoms with E-state index < -0.39 is 154 Å². The Bertz CT molecular complexity index is 1670. The Morgan fingerprint density at radius 3 is 0.750 bits per heavy atom. The maximum atomic E-state index is 16.6. The van der Waals surface area contributed by atoms with Gasteiger partial charge in [0.1, 0.15) is 30.5 Å². The molecule has 0 saturated heterocycles. The maximum Gasteiger partial charge on any atom is 0.310 e. The van der Waals surface area contributed by atoms with Gasteiger partial charge in [0.2, 0.25) is 0 Å². The molecule has 0 amide bonds. The standard InChI is InChI=1S/C71H142O17S4/c1-5-9-31-53(89)35-23-16-13-19-27-39-68(43-57(77)62(82)48-72,40-28-20-14-17-24-36-54(90)32-10-6-2)71(67(87)88,42-30-21-15-18-25-37-55(91)33-11-7-3)70(46-60(80)65(85)51-75,47-61(81)66(86)52-76)69(44-58(78)63(83)49-73,45-59(79)64(84)50-74)41-29-22-26-38-56(92)34-12-8-4/h53-66,72-86,89-92H,5-52H2,1-4H3,(H,87,88)/t53?,54?,55?,56?,57-,58-,59-,60-,61-,62+,63+,64+,65+,66+,68?,71?/m0/s1. The number of rotatable bonds is 66. The predicted octanol–water partition coefficient (Wildman–Crippen LogP) is 10.6. The molecule has 0 bridgehead atoms. The summed E-state index contributed by atoms with van der Waals surface area (Å²) in [6, 6.07) is 0. The maximum absolute atomic E-state index is 16.6. The van der Waals surface area contributed by atoms with Crippen LogP contribution < -0.4 is 0 Å². The van der Waals surface area contributed by atoms with Crippen LogP contribution in [0, 0.1) is 21.7 Å². The lowest BCUT2D eigenvalue weighted by atomic mass is 9.35. The van der Waals surface area contributed by atoms with Crippen molar-refractivity contribution in [3.8, 4) is 0 Å². The fraction of sp³-hybridized carbons (Fsp3) is 0.986. The summed E-state index contributed by atoms with van der Waals surface area (Å²) in [5.41, 5.74) is -8.88. The van der Waals surface area contributed by atoms with Gasteiger partial charge < -0.3 is 81.7 Å². The van der Waals surface area contributed by atoms with Crippen LogP contribution in [0.15, 0.2) is 0 Å². The van der Waals surface area contributed by atoms with Crippen molar-refractivity contribution in [3.63, 3.8) is 0 Å². The molecule has 0 fully saturated rings. The van der Waals surface area contributed by atoms with Gasteiger partial charge in [-0.3, -0.25) is 4.79 Å². The minimum Gasteiger partial charge on any atom is -0.481 e. The number of carboxylic acid groups (broad SMARTS) is 1. The zero-order chi connectivity index (χ0) is 69.6. The average molecular weight is 1400 g/mol. The van der Waals surface area contributed by atoms with Crippen LogP contribution in [0.25, 0.3) is 0 Å². The zero-order valence-electron chi connectivity index (χ0n) is 57.9. The summed E-state index contributed by atoms with van der Waals surface area (Å²) in [4.78, 5) is 16.6. The molecule has 21 heteroatoms. The van der Waals surface area contributed by atoms with E-state index in [-0.39, 0.29) is 59.5 Å². The van der Waals surface area contributed by atoms with Gasteiger partial charge in [-0.25, -0.2) is 0 Å². The van der Waals surface area contributed by atoms with Crippen molar-refractivity contribution in [1.29, 1.82) is 0 Å². The lowest BCUT2D eigenvalue weighted by molar-refractivity contribution is -0.250. The van der Waals surface area contributed by atoms with Crippen molar-refractivity contribution in [2.24, 2.45) is 21.7 Å². The summed E-state index contributed by atoms with van der Waals surface area (Å²) >= 11 is 19.4. The third-order valence-corrected chi connectivity index (χ3v) is 23.0. The van der Waals surface area contributed by atoms with Crippen LogP contribution in [0.5, 0.6) is 0 Å². The van der Waals surface area contributed by atoms with Crippen molar-refractivity contribution < 1.29 is 86.5 Å². The van der Waals surface area contributed by atoms with Crippen LogP contribution in [-0.4, -0.2) is 203 Å². The first kappa shape index (κ1) is 92.3. The molecule has 16 N–H and O–H groups in total. The highest BCUT2D eigenvalue weighted by Crippen LogP contribution is 2.73. The molecule has 0 saturated carbocycles. The Morgan fingerprint density at radius 2 is 0.489 bits per heavy atom. The van der Waals surface area contributed by atoms with Crippen molar-refractivity contribution in [1.82, 2.24) is 0 Å². The molecular formula is C71H142O17S4. The molecule has 92 heavy (non-hydrogen) atoms. The number of aliphatic hydroxyl groups is 15. The molecule has 0 aliphatic heterocycles. The van der Waals surface area contributed by atoms with E-state index >= 15 is 4.79 Å². The van der Waals surface area contributed by atoms with Gasteiger partial charge in [-0.05, 0) is 125 Å². The zero-order valence-corrected chi connectivity index (χ0v) is 61.5. The first-order valence-electron chi connectivity index (χ1n) is 36.6. The third kappa shape index (κ3) is 33.6. The van der Waals surface area contributed by atoms with Gasteiger partial charge in [-0.15, -0.1) is 0 Å². The van der Waals surface area contributed by atoms with Gasteiger partial charge in [0.05, 0.1) is 69.0 Å². The molecular weight excluding hydrogens is 1250 g/mol. The van der Waals surface area contributed by atoms with E-state index in [0.29, 0.717) is 57.8 Å². The van der Waals surface area contributed by atoms with Gasteiger partial charge >= 0.3 is 5.97 Å². The summed E-state index contributed by atoms with van der Waals surface area (Å²) in [6.45, 7) is 3.48. The Morgan fingerprint density at radius 1 is 0.283 bits per heavy atom. The smallest absolute Gasteiger partial charge is 0.310 e. The quantitative estimate of drug-likeness (QED) is 0.0199. The van der Waals surface area contributed by atoms with Crippen LogP contribution in [-0.2, 0) is 4.79 Å². The predicted molar refractivity (Wildman–Crippen MR) is 385 cm³/mol. The highest BCUT2D eigenvalue weighted by Gasteiger charge is 2.73. The number of aliphatic hydroxyl groups excluding tert-OH is 15. The number of carbonyl (C=O) groups is 1. The van der Waals surface area contributed by atoms with Crippen LogP contribution in [0.3, 0.4) is 0 Å². The Labute approximate surface area is 580 Å². The third-order valence-electron chi connectivity index (χ3n) is 20.9. The first-order chi connectivity index (χ1) is 43.8. The number of carboxylic acids is 1. The monoisotopic (exact) mass is 1390 g/mol. The number of hydrogen-bond acceptors (Lipinski definition) is 20. The van der Waals surface area contributed by atoms with Crippen LogP contribution in [0.1, 0.15) is 304 Å². The summed E-state index contributed by atoms with van der Waals surface area (Å²) in [6.07, 6.45) is 2.28. The SMILES string of the molecule is CCCCC(S)CCCCCCCC(CCCCCCCC(S)CCCC)(C[C@H](O)[C@H](O)CO)C(CCCCCCCC(S)CCCC)(C(=O)O)C(C[C@H](O)[C@H](O)CO)(C[C@H](O)[C@H](O)CO)C(CCCCCC(S)CCCC)(C[C@H](O)[C@H](O)CO)C[C@H](O)[C@H](O)CO. The second-order valence-electron chi connectivity index (χ2n) is 28.2. The second-order valence-corrected chi connectivity index (χ2v) is 31.1. The molecule has 0 aromatic heterocycles. The lowest BCUT2D eigenvalue weighted by Crippen LogP contribution is -2.69. The summed E-state index contributed by atoms with van der Waals surface area (Å²) in [5.74, 6) is -1.51. The number of unbranched alkanes of at least 4 members (excludes halogenated alkanes) is 18. The molecule has 552 valence electrons. The normalized spacial score (nSPS) is 18.6. The Hall–Kier alpha value is 0.270. The summed E-state index contributed by atoms with van der Waals surface area (Å²) in [5, 5.41) is 190. The molecule has 0 aliphatic rings. The molecule has 0 aliphatic carbocycles. The van der Waals surface area contributed by atoms with Gasteiger partial charge in [0.25, 0.3) is 0 Å². The molecule has 15 atom stereocenters. The van der Waals surface area contributed by atoms with E-state index in [0.717, 1.165) is 148 Å². The fourth-order valence-electron chi connectivity index (χ4n) is 15.3. The van der Waals surface area contributed by atoms with E-state index in [9.17, 15) is 81.7 Å². The van der Waals surface area contributed by atoms with Crippen LogP contribution in [0.2, 0.25) is 0 Å². The van der Waals surface area contributed by atoms with Gasteiger partial charge in [-0.2, -0.15) is 50.5 Å². The van der Waals surface area contributed by atoms with E-state index in [1.807, 2.05) is 0 Å². The molecule has 0 aromatic carbocycles. The minimum absolute atomic E-state index is 0.0138. The van der Waals surface area contributed by atoms with E-state index in [1.165, 1.54) is 0 Å². The Balaban J connectivity index is 9.96. The summed E-state index contributed by atoms with van der Waals surface area (Å²) < 4.78 is 0. The molecule has 0 spiro atoms. The first-order valence-corrected chi connectivity index (χ1v) is 38.7. The number of aliphatic carboxylic acids is 1. The molecule has 0 rings (SSSR count). The van der Waals surface area contributed by atoms with E-state index in [1.54, 1.807) is 0 Å². The molecule has 0 heterocycles. The Kier molecular flexibility index (Phi) is 54.2. The highest BCUT2D eigenvalue weighted by atomic mass is 32.1. The average Bonchev–Trinajstić information content (AvgIpc) is 0.685. The van der Waals surface area contributed by atoms with Crippen LogP contribution in [0.4, 0.5) is 0 Å². The molecule has 17 nitrogen and oxygen atoms in total. The van der Waals surface area contributed by atoms with Crippen LogP contribution >= 0.6 is 50.5 Å². The molecule has 0 radical (unpaired) electrons.